The molecule has 2 aromatic rings. The van der Waals surface area contributed by atoms with Crippen molar-refractivity contribution >= 4 is 39.4 Å². The van der Waals surface area contributed by atoms with Gasteiger partial charge in [0.25, 0.3) is 4.84 Å². The van der Waals surface area contributed by atoms with Crippen LogP contribution < -0.4 is 0 Å². The van der Waals surface area contributed by atoms with Gasteiger partial charge in [0.2, 0.25) is 5.71 Å². The summed E-state index contributed by atoms with van der Waals surface area (Å²) in [5.41, 5.74) is 1.35. The standard InChI is InChI=1S/C6H3BrN2OS/c7-4-2-1-3-5(9-4)10-6(11)8-3/h1-2H,(H,8,11). The van der Waals surface area contributed by atoms with Crippen LogP contribution in [-0.4, -0.2) is 9.97 Å². The Labute approximate surface area is 75.6 Å². The van der Waals surface area contributed by atoms with Crippen LogP contribution in [0.1, 0.15) is 0 Å². The minimum Gasteiger partial charge on any atom is -0.410 e. The second kappa shape index (κ2) is 2.42. The summed E-state index contributed by atoms with van der Waals surface area (Å²) in [7, 11) is 0. The van der Waals surface area contributed by atoms with Gasteiger partial charge in [0, 0.05) is 0 Å². The lowest BCUT2D eigenvalue weighted by atomic mass is 10.5. The van der Waals surface area contributed by atoms with Gasteiger partial charge in [-0.25, -0.2) is 4.98 Å². The maximum absolute atomic E-state index is 5.07. The van der Waals surface area contributed by atoms with E-state index in [-0.39, 0.29) is 0 Å². The van der Waals surface area contributed by atoms with E-state index in [1.807, 2.05) is 12.1 Å². The second-order valence-corrected chi connectivity index (χ2v) is 3.18. The average molecular weight is 231 g/mol. The zero-order valence-corrected chi connectivity index (χ0v) is 7.70. The summed E-state index contributed by atoms with van der Waals surface area (Å²) < 4.78 is 5.81. The smallest absolute Gasteiger partial charge is 0.268 e. The molecule has 0 aromatic carbocycles. The number of nitrogens with one attached hydrogen (secondary N) is 1. The number of pyridine rings is 1. The molecular formula is C6H3BrN2OS. The van der Waals surface area contributed by atoms with Gasteiger partial charge in [-0.15, -0.1) is 0 Å². The van der Waals surface area contributed by atoms with Crippen molar-refractivity contribution in [3.63, 3.8) is 0 Å². The molecule has 0 bridgehead atoms. The van der Waals surface area contributed by atoms with Gasteiger partial charge < -0.3 is 9.40 Å². The van der Waals surface area contributed by atoms with Gasteiger partial charge in [0.15, 0.2) is 0 Å². The molecule has 11 heavy (non-hydrogen) atoms. The molecule has 3 nitrogen and oxygen atoms in total. The highest BCUT2D eigenvalue weighted by Crippen LogP contribution is 2.14. The predicted molar refractivity (Wildman–Crippen MR) is 46.9 cm³/mol. The second-order valence-electron chi connectivity index (χ2n) is 2.00. The molecule has 0 aliphatic rings. The van der Waals surface area contributed by atoms with Crippen LogP contribution >= 0.6 is 28.1 Å². The van der Waals surface area contributed by atoms with Gasteiger partial charge in [-0.05, 0) is 40.3 Å². The molecule has 0 amide bonds. The van der Waals surface area contributed by atoms with Crippen molar-refractivity contribution in [2.24, 2.45) is 0 Å². The van der Waals surface area contributed by atoms with Crippen molar-refractivity contribution in [2.45, 2.75) is 0 Å². The van der Waals surface area contributed by atoms with E-state index in [0.29, 0.717) is 10.6 Å². The Morgan fingerprint density at radius 3 is 3.18 bits per heavy atom. The van der Waals surface area contributed by atoms with Crippen LogP contribution in [0, 0.1) is 4.84 Å². The van der Waals surface area contributed by atoms with Crippen LogP contribution in [0.2, 0.25) is 0 Å². The number of hydrogen-bond donors (Lipinski definition) is 1. The molecule has 56 valence electrons. The molecule has 0 aliphatic heterocycles. The Kier molecular flexibility index (Phi) is 1.54. The highest BCUT2D eigenvalue weighted by atomic mass is 79.9. The van der Waals surface area contributed by atoms with Crippen LogP contribution in [0.5, 0.6) is 0 Å². The van der Waals surface area contributed by atoms with Gasteiger partial charge in [-0.2, -0.15) is 0 Å². The molecule has 0 spiro atoms. The van der Waals surface area contributed by atoms with Crippen molar-refractivity contribution in [3.8, 4) is 0 Å². The predicted octanol–water partition coefficient (Wildman–Crippen LogP) is 2.65. The van der Waals surface area contributed by atoms with Crippen LogP contribution in [0.25, 0.3) is 11.2 Å². The van der Waals surface area contributed by atoms with Crippen molar-refractivity contribution in [1.82, 2.24) is 9.97 Å². The first-order valence-corrected chi connectivity index (χ1v) is 4.11. The normalized spacial score (nSPS) is 10.6. The van der Waals surface area contributed by atoms with Crippen molar-refractivity contribution in [2.75, 3.05) is 0 Å². The molecule has 0 unspecified atom stereocenters. The molecule has 2 aromatic heterocycles. The maximum Gasteiger partial charge on any atom is 0.268 e. The largest absolute Gasteiger partial charge is 0.410 e. The van der Waals surface area contributed by atoms with E-state index in [1.54, 1.807) is 0 Å². The third kappa shape index (κ3) is 1.21. The highest BCUT2D eigenvalue weighted by molar-refractivity contribution is 9.10. The fraction of sp³-hybridized carbons (Fsp3) is 0. The first-order chi connectivity index (χ1) is 5.25. The Morgan fingerprint density at radius 2 is 2.36 bits per heavy atom. The quantitative estimate of drug-likeness (QED) is 0.559. The Hall–Kier alpha value is -0.680. The third-order valence-corrected chi connectivity index (χ3v) is 1.88. The van der Waals surface area contributed by atoms with E-state index in [4.69, 9.17) is 16.6 Å². The van der Waals surface area contributed by atoms with Crippen LogP contribution in [-0.2, 0) is 0 Å². The number of H-pyrrole nitrogens is 1. The molecule has 1 N–H and O–H groups in total. The van der Waals surface area contributed by atoms with Gasteiger partial charge in [0.05, 0.1) is 0 Å². The zero-order valence-electron chi connectivity index (χ0n) is 5.30. The number of halogens is 1. The molecule has 0 saturated heterocycles. The number of aromatic amines is 1. The van der Waals surface area contributed by atoms with Crippen LogP contribution in [0.4, 0.5) is 0 Å². The number of hydrogen-bond acceptors (Lipinski definition) is 3. The van der Waals surface area contributed by atoms with Crippen molar-refractivity contribution in [1.29, 1.82) is 0 Å². The van der Waals surface area contributed by atoms with Gasteiger partial charge >= 0.3 is 0 Å². The first-order valence-electron chi connectivity index (χ1n) is 2.91. The summed E-state index contributed by atoms with van der Waals surface area (Å²) in [6.07, 6.45) is 0. The van der Waals surface area contributed by atoms with Crippen LogP contribution in [0.15, 0.2) is 21.2 Å². The molecule has 0 atom stereocenters. The summed E-state index contributed by atoms with van der Waals surface area (Å²) in [4.78, 5) is 7.25. The fourth-order valence-corrected chi connectivity index (χ4v) is 1.30. The fourth-order valence-electron chi connectivity index (χ4n) is 0.814. The Balaban J connectivity index is 2.92. The maximum atomic E-state index is 5.07. The molecule has 0 aliphatic carbocycles. The van der Waals surface area contributed by atoms with E-state index >= 15 is 0 Å². The SMILES string of the molecule is S=c1[nH]c2ccc(Br)nc2o1. The van der Waals surface area contributed by atoms with E-state index in [1.165, 1.54) is 0 Å². The summed E-state index contributed by atoms with van der Waals surface area (Å²) >= 11 is 8.00. The molecule has 0 radical (unpaired) electrons. The number of oxazole rings is 1. The lowest BCUT2D eigenvalue weighted by Gasteiger charge is -1.85. The topological polar surface area (TPSA) is 41.8 Å². The summed E-state index contributed by atoms with van der Waals surface area (Å²) in [5, 5.41) is 0. The number of aromatic nitrogens is 2. The molecule has 5 heteroatoms. The molecular weight excluding hydrogens is 228 g/mol. The molecule has 0 fully saturated rings. The van der Waals surface area contributed by atoms with Crippen molar-refractivity contribution < 1.29 is 4.42 Å². The Morgan fingerprint density at radius 1 is 1.55 bits per heavy atom. The highest BCUT2D eigenvalue weighted by Gasteiger charge is 1.98. The lowest BCUT2D eigenvalue weighted by molar-refractivity contribution is 0.572. The van der Waals surface area contributed by atoms with E-state index in [9.17, 15) is 0 Å². The minimum absolute atomic E-state index is 0.352. The van der Waals surface area contributed by atoms with Gasteiger partial charge in [-0.1, -0.05) is 0 Å². The van der Waals surface area contributed by atoms with Gasteiger partial charge in [0.1, 0.15) is 10.1 Å². The van der Waals surface area contributed by atoms with E-state index in [2.05, 4.69) is 25.9 Å². The molecule has 0 saturated carbocycles. The summed E-state index contributed by atoms with van der Waals surface area (Å²) in [6, 6.07) is 3.68. The number of nitrogens with zero attached hydrogens (tertiary/aromatic N) is 1. The zero-order chi connectivity index (χ0) is 7.84. The monoisotopic (exact) mass is 230 g/mol. The summed E-state index contributed by atoms with van der Waals surface area (Å²) in [5.74, 6) is 0. The van der Waals surface area contributed by atoms with Crippen LogP contribution in [0.3, 0.4) is 0 Å². The third-order valence-electron chi connectivity index (χ3n) is 1.25. The Bertz CT molecular complexity index is 447. The molecule has 2 rings (SSSR count). The summed E-state index contributed by atoms with van der Waals surface area (Å²) in [6.45, 7) is 0. The minimum atomic E-state index is 0.352. The number of rotatable bonds is 0. The van der Waals surface area contributed by atoms with E-state index < -0.39 is 0 Å². The van der Waals surface area contributed by atoms with E-state index in [0.717, 1.165) is 10.1 Å². The first kappa shape index (κ1) is 7.00. The molecule has 2 heterocycles. The van der Waals surface area contributed by atoms with Crippen molar-refractivity contribution in [3.05, 3.63) is 21.6 Å². The average Bonchev–Trinajstić information content (AvgIpc) is 2.27. The number of fused-ring (bicyclic) bond motifs is 1. The lowest BCUT2D eigenvalue weighted by Crippen LogP contribution is -1.73. The van der Waals surface area contributed by atoms with Gasteiger partial charge in [-0.3, -0.25) is 0 Å².